The molecule has 3 aliphatic rings. The first kappa shape index (κ1) is 41.9. The summed E-state index contributed by atoms with van der Waals surface area (Å²) in [5, 5.41) is 0.501. The molecule has 3 heterocycles. The maximum Gasteiger partial charge on any atom is 0.333 e. The Morgan fingerprint density at radius 1 is 0.818 bits per heavy atom. The molecule has 0 N–H and O–H groups in total. The standard InChI is InChI=1S/C36H43N3O13S3/c1-35(2)26-22-24(54(46,47)48)13-15-28(26)37(19-7-5-6-12-34(42)52-39-32(40)17-18-33(39)41)30(35)10-8-11-31-36(3,4)27-23-25(55(49,50)51)14-16-29(27)38(31)20-9-21-53(43,44)45/h8,10-11,13-16,22-23H,5-7,9,12,17-21H2,1-4H3,(H2-,43,44,45,46,47,48,49,50,51)/p-2. The van der Waals surface area contributed by atoms with Gasteiger partial charge in [0.2, 0.25) is 5.69 Å². The number of nitrogens with zero attached hydrogens (tertiary/aromatic N) is 3. The van der Waals surface area contributed by atoms with Crippen LogP contribution in [0.2, 0.25) is 0 Å². The van der Waals surface area contributed by atoms with Crippen LogP contribution in [0.25, 0.3) is 0 Å². The van der Waals surface area contributed by atoms with Crippen molar-refractivity contribution in [2.24, 2.45) is 0 Å². The van der Waals surface area contributed by atoms with Gasteiger partial charge in [-0.3, -0.25) is 9.59 Å². The largest absolute Gasteiger partial charge is 0.748 e. The number of benzene rings is 2. The summed E-state index contributed by atoms with van der Waals surface area (Å²) in [5.41, 5.74) is 1.92. The van der Waals surface area contributed by atoms with Crippen LogP contribution in [0.5, 0.6) is 0 Å². The van der Waals surface area contributed by atoms with Gasteiger partial charge < -0.3 is 23.4 Å². The van der Waals surface area contributed by atoms with Gasteiger partial charge in [0.1, 0.15) is 26.8 Å². The average Bonchev–Trinajstić information content (AvgIpc) is 3.58. The van der Waals surface area contributed by atoms with Crippen LogP contribution in [0.3, 0.4) is 0 Å². The van der Waals surface area contributed by atoms with Gasteiger partial charge in [0.25, 0.3) is 11.8 Å². The molecule has 19 heteroatoms. The summed E-state index contributed by atoms with van der Waals surface area (Å²) in [6.07, 6.45) is 6.69. The lowest BCUT2D eigenvalue weighted by Gasteiger charge is -2.27. The average molecular weight is 820 g/mol. The summed E-state index contributed by atoms with van der Waals surface area (Å²) in [5.74, 6) is -2.48. The maximum atomic E-state index is 12.3. The van der Waals surface area contributed by atoms with Gasteiger partial charge >= 0.3 is 5.97 Å². The highest BCUT2D eigenvalue weighted by atomic mass is 32.2. The summed E-state index contributed by atoms with van der Waals surface area (Å²) < 4.78 is 108. The van der Waals surface area contributed by atoms with E-state index >= 15 is 0 Å². The second-order valence-electron chi connectivity index (χ2n) is 14.6. The number of fused-ring (bicyclic) bond motifs is 2. The van der Waals surface area contributed by atoms with Crippen molar-refractivity contribution in [2.45, 2.75) is 93.3 Å². The Labute approximate surface area is 320 Å². The number of allylic oxidation sites excluding steroid dienone is 4. The minimum Gasteiger partial charge on any atom is -0.748 e. The summed E-state index contributed by atoms with van der Waals surface area (Å²) >= 11 is 0. The lowest BCUT2D eigenvalue weighted by atomic mass is 9.81. The zero-order valence-electron chi connectivity index (χ0n) is 30.6. The monoisotopic (exact) mass is 819 g/mol. The minimum absolute atomic E-state index is 0.0131. The van der Waals surface area contributed by atoms with Gasteiger partial charge in [0.05, 0.1) is 25.3 Å². The molecule has 0 unspecified atom stereocenters. The number of carbonyl (C=O) groups excluding carboxylic acids is 3. The van der Waals surface area contributed by atoms with Crippen LogP contribution in [0.1, 0.15) is 83.8 Å². The molecule has 0 atom stereocenters. The van der Waals surface area contributed by atoms with Gasteiger partial charge in [-0.05, 0) is 68.7 Å². The summed E-state index contributed by atoms with van der Waals surface area (Å²) in [4.78, 5) is 41.9. The van der Waals surface area contributed by atoms with Crippen molar-refractivity contribution in [3.63, 3.8) is 0 Å². The third-order valence-corrected chi connectivity index (χ3v) is 12.5. The molecule has 16 nitrogen and oxygen atoms in total. The van der Waals surface area contributed by atoms with Crippen molar-refractivity contribution in [3.05, 3.63) is 71.5 Å². The number of hydrogen-bond donors (Lipinski definition) is 0. The molecule has 3 aliphatic heterocycles. The molecule has 0 bridgehead atoms. The Balaban J connectivity index is 1.44. The van der Waals surface area contributed by atoms with Crippen LogP contribution >= 0.6 is 0 Å². The number of amides is 2. The first-order valence-electron chi connectivity index (χ1n) is 17.5. The molecule has 2 aromatic carbocycles. The van der Waals surface area contributed by atoms with E-state index < -0.39 is 69.6 Å². The number of rotatable bonds is 15. The number of carbonyl (C=O) groups is 3. The lowest BCUT2D eigenvalue weighted by Crippen LogP contribution is -2.32. The van der Waals surface area contributed by atoms with Crippen molar-refractivity contribution in [3.8, 4) is 0 Å². The molecule has 2 aromatic rings. The van der Waals surface area contributed by atoms with E-state index in [0.717, 1.165) is 5.70 Å². The van der Waals surface area contributed by atoms with Crippen LogP contribution in [0.4, 0.5) is 11.4 Å². The summed E-state index contributed by atoms with van der Waals surface area (Å²) in [7, 11) is -14.1. The highest BCUT2D eigenvalue weighted by molar-refractivity contribution is 7.86. The molecule has 0 spiro atoms. The van der Waals surface area contributed by atoms with Gasteiger partial charge in [0, 0.05) is 72.5 Å². The van der Waals surface area contributed by atoms with Gasteiger partial charge in [0.15, 0.2) is 5.71 Å². The number of hydrogen-bond acceptors (Lipinski definition) is 14. The highest BCUT2D eigenvalue weighted by Crippen LogP contribution is 2.49. The van der Waals surface area contributed by atoms with Gasteiger partial charge in [-0.2, -0.15) is 4.58 Å². The first-order valence-corrected chi connectivity index (χ1v) is 21.8. The fraction of sp³-hybridized carbons (Fsp3) is 0.444. The molecule has 55 heavy (non-hydrogen) atoms. The van der Waals surface area contributed by atoms with E-state index in [9.17, 15) is 53.3 Å². The predicted octanol–water partition coefficient (Wildman–Crippen LogP) is 3.21. The molecular weight excluding hydrogens is 779 g/mol. The Bertz CT molecular complexity index is 2350. The molecular formula is C36H41N3O13S3-2. The van der Waals surface area contributed by atoms with E-state index in [1.807, 2.05) is 38.7 Å². The highest BCUT2D eigenvalue weighted by Gasteiger charge is 2.45. The predicted molar refractivity (Wildman–Crippen MR) is 194 cm³/mol. The van der Waals surface area contributed by atoms with E-state index in [-0.39, 0.29) is 37.1 Å². The zero-order valence-corrected chi connectivity index (χ0v) is 33.1. The second kappa shape index (κ2) is 15.3. The third kappa shape index (κ3) is 9.08. The smallest absolute Gasteiger partial charge is 0.333 e. The second-order valence-corrected chi connectivity index (χ2v) is 18.9. The summed E-state index contributed by atoms with van der Waals surface area (Å²) in [6.45, 7) is 7.86. The van der Waals surface area contributed by atoms with Gasteiger partial charge in [-0.1, -0.05) is 26.3 Å². The molecule has 1 saturated heterocycles. The molecule has 2 amide bonds. The fourth-order valence-electron chi connectivity index (χ4n) is 7.25. The van der Waals surface area contributed by atoms with Crippen LogP contribution in [0, 0.1) is 0 Å². The van der Waals surface area contributed by atoms with E-state index in [1.165, 1.54) is 30.3 Å². The Hall–Kier alpha value is -4.27. The molecule has 0 aromatic heterocycles. The van der Waals surface area contributed by atoms with Gasteiger partial charge in [-0.15, -0.1) is 5.06 Å². The van der Waals surface area contributed by atoms with Gasteiger partial charge in [-0.25, -0.2) is 30.0 Å². The van der Waals surface area contributed by atoms with E-state index in [4.69, 9.17) is 4.84 Å². The molecule has 0 radical (unpaired) electrons. The molecule has 5 rings (SSSR count). The zero-order chi connectivity index (χ0) is 40.7. The van der Waals surface area contributed by atoms with Crippen molar-refractivity contribution in [2.75, 3.05) is 23.7 Å². The normalized spacial score (nSPS) is 18.9. The van der Waals surface area contributed by atoms with Crippen LogP contribution in [-0.2, 0) is 60.4 Å². The van der Waals surface area contributed by atoms with Crippen molar-refractivity contribution >= 4 is 65.2 Å². The van der Waals surface area contributed by atoms with E-state index in [0.29, 0.717) is 59.1 Å². The SMILES string of the molecule is CC1(C)C(/C=C/C=C2/N(CCCCCC(=O)ON3C(=O)CCC3=O)c3ccc(S(=O)(=O)[O-])cc3C2(C)C)=[N+](CCCS(=O)(=O)[O-])c2ccc(S(=O)(=O)[O-])cc21. The Kier molecular flexibility index (Phi) is 11.7. The third-order valence-electron chi connectivity index (χ3n) is 10.0. The summed E-state index contributed by atoms with van der Waals surface area (Å²) in [6, 6.07) is 8.09. The Morgan fingerprint density at radius 3 is 2.02 bits per heavy atom. The number of hydroxylamine groups is 2. The topological polar surface area (TPSA) is 242 Å². The van der Waals surface area contributed by atoms with Crippen LogP contribution in [-0.4, -0.2) is 90.9 Å². The molecule has 0 aliphatic carbocycles. The lowest BCUT2D eigenvalue weighted by molar-refractivity contribution is -0.437. The molecule has 0 saturated carbocycles. The minimum atomic E-state index is -4.79. The Morgan fingerprint density at radius 2 is 1.42 bits per heavy atom. The quantitative estimate of drug-likeness (QED) is 0.109. The fourth-order valence-corrected chi connectivity index (χ4v) is 8.73. The van der Waals surface area contributed by atoms with Crippen molar-refractivity contribution < 1.29 is 62.7 Å². The van der Waals surface area contributed by atoms with E-state index in [1.54, 1.807) is 22.8 Å². The number of imide groups is 1. The van der Waals surface area contributed by atoms with Crippen molar-refractivity contribution in [1.82, 2.24) is 5.06 Å². The van der Waals surface area contributed by atoms with Crippen LogP contribution < -0.4 is 4.90 Å². The van der Waals surface area contributed by atoms with Crippen molar-refractivity contribution in [1.29, 1.82) is 0 Å². The molecule has 298 valence electrons. The maximum absolute atomic E-state index is 12.3. The number of unbranched alkanes of at least 4 members (excludes halogenated alkanes) is 2. The van der Waals surface area contributed by atoms with E-state index in [2.05, 4.69) is 0 Å². The number of anilines is 1. The first-order chi connectivity index (χ1) is 25.4. The molecule has 1 fully saturated rings. The van der Waals surface area contributed by atoms with Crippen LogP contribution in [0.15, 0.2) is 70.1 Å².